The van der Waals surface area contributed by atoms with E-state index in [9.17, 15) is 0 Å². The Bertz CT molecular complexity index is 34.5. The van der Waals surface area contributed by atoms with Gasteiger partial charge in [0.1, 0.15) is 0 Å². The first-order valence-electron chi connectivity index (χ1n) is 1.99. The molecule has 0 aliphatic heterocycles. The van der Waals surface area contributed by atoms with Crippen molar-refractivity contribution in [2.75, 3.05) is 5.33 Å². The van der Waals surface area contributed by atoms with Gasteiger partial charge in [0.25, 0.3) is 0 Å². The minimum atomic E-state index is 0. The van der Waals surface area contributed by atoms with E-state index in [1.54, 1.807) is 0 Å². The average molecular weight is 171 g/mol. The summed E-state index contributed by atoms with van der Waals surface area (Å²) in [5, 5.41) is 1.23. The molecule has 38 valence electrons. The zero-order valence-electron chi connectivity index (χ0n) is 3.48. The molecule has 0 N–H and O–H groups in total. The van der Waals surface area contributed by atoms with Crippen LogP contribution < -0.4 is 0 Å². The normalized spacial score (nSPS) is 19.5. The minimum absolute atomic E-state index is 0. The van der Waals surface area contributed by atoms with Crippen LogP contribution in [0.5, 0.6) is 0 Å². The summed E-state index contributed by atoms with van der Waals surface area (Å²) in [6.07, 6.45) is 2.93. The molecular weight excluding hydrogens is 163 g/mol. The van der Waals surface area contributed by atoms with Gasteiger partial charge in [0.15, 0.2) is 0 Å². The molecule has 1 rings (SSSR count). The van der Waals surface area contributed by atoms with Gasteiger partial charge in [-0.05, 0) is 18.8 Å². The Balaban J connectivity index is 0.000000250. The molecule has 0 atom stereocenters. The van der Waals surface area contributed by atoms with E-state index in [0.29, 0.717) is 0 Å². The maximum absolute atomic E-state index is 3.38. The second kappa shape index (κ2) is 2.86. The third-order valence-electron chi connectivity index (χ3n) is 0.915. The van der Waals surface area contributed by atoms with E-state index in [2.05, 4.69) is 15.9 Å². The molecular formula is C4H8BrCl. The lowest BCUT2D eigenvalue weighted by molar-refractivity contribution is 1.01. The number of hydrogen-bond acceptors (Lipinski definition) is 0. The largest absolute Gasteiger partial charge is 0.147 e. The third kappa shape index (κ3) is 2.04. The maximum Gasteiger partial charge on any atom is 0.00596 e. The molecule has 0 heterocycles. The molecule has 0 radical (unpaired) electrons. The summed E-state index contributed by atoms with van der Waals surface area (Å²) in [4.78, 5) is 0. The highest BCUT2D eigenvalue weighted by Crippen LogP contribution is 2.29. The van der Waals surface area contributed by atoms with Crippen LogP contribution in [0, 0.1) is 5.92 Å². The second-order valence-corrected chi connectivity index (χ2v) is 2.25. The number of halogens is 2. The Morgan fingerprint density at radius 2 is 2.00 bits per heavy atom. The lowest BCUT2D eigenvalue weighted by Gasteiger charge is -1.70. The van der Waals surface area contributed by atoms with Crippen molar-refractivity contribution in [3.05, 3.63) is 0 Å². The van der Waals surface area contributed by atoms with Gasteiger partial charge in [0.05, 0.1) is 0 Å². The number of hydrogen-bond donors (Lipinski definition) is 0. The monoisotopic (exact) mass is 170 g/mol. The van der Waals surface area contributed by atoms with Gasteiger partial charge >= 0.3 is 0 Å². The predicted molar refractivity (Wildman–Crippen MR) is 33.8 cm³/mol. The molecule has 0 aromatic carbocycles. The van der Waals surface area contributed by atoms with Crippen molar-refractivity contribution < 1.29 is 0 Å². The van der Waals surface area contributed by atoms with Crippen LogP contribution in [0.2, 0.25) is 0 Å². The number of alkyl halides is 1. The third-order valence-corrected chi connectivity index (χ3v) is 1.83. The van der Waals surface area contributed by atoms with Gasteiger partial charge in [-0.15, -0.1) is 12.4 Å². The van der Waals surface area contributed by atoms with Crippen molar-refractivity contribution >= 4 is 28.3 Å². The van der Waals surface area contributed by atoms with Gasteiger partial charge in [-0.25, -0.2) is 0 Å². The summed E-state index contributed by atoms with van der Waals surface area (Å²) < 4.78 is 0. The molecule has 1 fully saturated rings. The van der Waals surface area contributed by atoms with Crippen LogP contribution in [0.15, 0.2) is 0 Å². The van der Waals surface area contributed by atoms with Crippen molar-refractivity contribution in [1.29, 1.82) is 0 Å². The van der Waals surface area contributed by atoms with Crippen molar-refractivity contribution in [3.8, 4) is 0 Å². The van der Waals surface area contributed by atoms with Gasteiger partial charge in [0.2, 0.25) is 0 Å². The molecule has 1 aliphatic carbocycles. The van der Waals surface area contributed by atoms with Crippen LogP contribution >= 0.6 is 28.3 Å². The molecule has 2 heteroatoms. The summed E-state index contributed by atoms with van der Waals surface area (Å²) in [6.45, 7) is 0. The molecule has 0 amide bonds. The van der Waals surface area contributed by atoms with E-state index in [-0.39, 0.29) is 12.4 Å². The Morgan fingerprint density at radius 1 is 1.50 bits per heavy atom. The van der Waals surface area contributed by atoms with Crippen LogP contribution in [-0.4, -0.2) is 5.33 Å². The quantitative estimate of drug-likeness (QED) is 0.531. The summed E-state index contributed by atoms with van der Waals surface area (Å²) in [6, 6.07) is 0. The highest BCUT2D eigenvalue weighted by atomic mass is 79.9. The first kappa shape index (κ1) is 6.77. The lowest BCUT2D eigenvalue weighted by atomic mass is 10.5. The molecule has 1 aliphatic rings. The topological polar surface area (TPSA) is 0 Å². The molecule has 0 unspecified atom stereocenters. The Labute approximate surface area is 52.8 Å². The number of rotatable bonds is 1. The summed E-state index contributed by atoms with van der Waals surface area (Å²) in [5.41, 5.74) is 0. The van der Waals surface area contributed by atoms with Crippen molar-refractivity contribution in [2.24, 2.45) is 5.92 Å². The van der Waals surface area contributed by atoms with Crippen LogP contribution in [0.4, 0.5) is 0 Å². The van der Waals surface area contributed by atoms with Gasteiger partial charge in [-0.3, -0.25) is 0 Å². The molecule has 6 heavy (non-hydrogen) atoms. The molecule has 0 spiro atoms. The smallest absolute Gasteiger partial charge is 0.00596 e. The maximum atomic E-state index is 3.38. The van der Waals surface area contributed by atoms with Gasteiger partial charge < -0.3 is 0 Å². The predicted octanol–water partition coefficient (Wildman–Crippen LogP) is 2.21. The van der Waals surface area contributed by atoms with E-state index >= 15 is 0 Å². The highest BCUT2D eigenvalue weighted by molar-refractivity contribution is 9.09. The Morgan fingerprint density at radius 3 is 2.00 bits per heavy atom. The minimum Gasteiger partial charge on any atom is -0.147 e. The van der Waals surface area contributed by atoms with Crippen LogP contribution in [0.25, 0.3) is 0 Å². The lowest BCUT2D eigenvalue weighted by Crippen LogP contribution is -1.66. The van der Waals surface area contributed by atoms with Gasteiger partial charge in [0, 0.05) is 5.33 Å². The van der Waals surface area contributed by atoms with Gasteiger partial charge in [-0.2, -0.15) is 0 Å². The average Bonchev–Trinajstić information content (AvgIpc) is 2.12. The summed E-state index contributed by atoms with van der Waals surface area (Å²) >= 11 is 3.38. The summed E-state index contributed by atoms with van der Waals surface area (Å²) in [7, 11) is 0. The Hall–Kier alpha value is 0.770. The van der Waals surface area contributed by atoms with E-state index in [4.69, 9.17) is 0 Å². The fourth-order valence-electron chi connectivity index (χ4n) is 0.272. The molecule has 0 bridgehead atoms. The van der Waals surface area contributed by atoms with E-state index in [1.807, 2.05) is 0 Å². The van der Waals surface area contributed by atoms with Crippen LogP contribution in [0.1, 0.15) is 12.8 Å². The summed E-state index contributed by atoms with van der Waals surface area (Å²) in [5.74, 6) is 1.05. The first-order valence-corrected chi connectivity index (χ1v) is 3.11. The zero-order chi connectivity index (χ0) is 3.70. The van der Waals surface area contributed by atoms with Crippen LogP contribution in [-0.2, 0) is 0 Å². The van der Waals surface area contributed by atoms with E-state index in [0.717, 1.165) is 5.92 Å². The van der Waals surface area contributed by atoms with Crippen LogP contribution in [0.3, 0.4) is 0 Å². The SMILES string of the molecule is BrCC1CC1.Cl. The molecule has 0 nitrogen and oxygen atoms in total. The zero-order valence-corrected chi connectivity index (χ0v) is 5.89. The van der Waals surface area contributed by atoms with E-state index < -0.39 is 0 Å². The van der Waals surface area contributed by atoms with E-state index in [1.165, 1.54) is 18.2 Å². The molecule has 0 saturated heterocycles. The fourth-order valence-corrected chi connectivity index (χ4v) is 0.920. The highest BCUT2D eigenvalue weighted by Gasteiger charge is 2.18. The van der Waals surface area contributed by atoms with Crippen molar-refractivity contribution in [3.63, 3.8) is 0 Å². The van der Waals surface area contributed by atoms with Crippen molar-refractivity contribution in [1.82, 2.24) is 0 Å². The second-order valence-electron chi connectivity index (χ2n) is 1.60. The van der Waals surface area contributed by atoms with Crippen molar-refractivity contribution in [2.45, 2.75) is 12.8 Å². The first-order chi connectivity index (χ1) is 2.43. The standard InChI is InChI=1S/C4H7Br.ClH/c5-3-4-1-2-4;/h4H,1-3H2;1H. The van der Waals surface area contributed by atoms with Gasteiger partial charge in [-0.1, -0.05) is 15.9 Å². The fraction of sp³-hybridized carbons (Fsp3) is 1.00. The molecule has 0 aromatic rings. The Kier molecular flexibility index (Phi) is 3.23. The molecule has 0 aromatic heterocycles. The molecule has 1 saturated carbocycles.